The smallest absolute Gasteiger partial charge is 0.328 e. The van der Waals surface area contributed by atoms with Crippen LogP contribution in [0.3, 0.4) is 0 Å². The van der Waals surface area contributed by atoms with E-state index >= 15 is 0 Å². The molecule has 0 saturated heterocycles. The Labute approximate surface area is 118 Å². The van der Waals surface area contributed by atoms with Crippen LogP contribution >= 0.6 is 11.6 Å². The van der Waals surface area contributed by atoms with Gasteiger partial charge in [-0.3, -0.25) is 9.59 Å². The van der Waals surface area contributed by atoms with Gasteiger partial charge in [-0.05, 0) is 6.07 Å². The number of nitrogens with one attached hydrogen (secondary N) is 2. The molecule has 1 aromatic rings. The maximum absolute atomic E-state index is 11.5. The normalized spacial score (nSPS) is 13.3. The number of anilines is 2. The minimum absolute atomic E-state index is 0.124. The fraction of sp³-hybridized carbons (Fsp3) is 0.0833. The Balaban J connectivity index is 2.19. The zero-order valence-corrected chi connectivity index (χ0v) is 10.7. The van der Waals surface area contributed by atoms with Crippen LogP contribution in [0.1, 0.15) is 0 Å². The van der Waals surface area contributed by atoms with Crippen LogP contribution < -0.4 is 15.4 Å². The lowest BCUT2D eigenvalue weighted by atomic mass is 10.2. The molecule has 0 spiro atoms. The lowest BCUT2D eigenvalue weighted by Crippen LogP contribution is -2.25. The van der Waals surface area contributed by atoms with Crippen molar-refractivity contribution >= 4 is 40.8 Å². The van der Waals surface area contributed by atoms with E-state index in [0.717, 1.165) is 6.08 Å². The Morgan fingerprint density at radius 3 is 2.85 bits per heavy atom. The highest BCUT2D eigenvalue weighted by atomic mass is 35.5. The molecule has 1 aliphatic rings. The molecule has 0 saturated carbocycles. The Kier molecular flexibility index (Phi) is 3.90. The Morgan fingerprint density at radius 2 is 2.15 bits per heavy atom. The first-order chi connectivity index (χ1) is 9.45. The van der Waals surface area contributed by atoms with Gasteiger partial charge >= 0.3 is 5.97 Å². The molecule has 20 heavy (non-hydrogen) atoms. The summed E-state index contributed by atoms with van der Waals surface area (Å²) < 4.78 is 5.18. The molecule has 0 aliphatic carbocycles. The maximum atomic E-state index is 11.5. The number of benzene rings is 1. The van der Waals surface area contributed by atoms with E-state index in [0.29, 0.717) is 17.5 Å². The van der Waals surface area contributed by atoms with E-state index in [-0.39, 0.29) is 23.2 Å². The predicted octanol–water partition coefficient (Wildman–Crippen LogP) is 1.25. The zero-order chi connectivity index (χ0) is 14.7. The molecular formula is C12H9ClN2O5. The van der Waals surface area contributed by atoms with E-state index in [4.69, 9.17) is 21.4 Å². The molecule has 0 radical (unpaired) electrons. The second kappa shape index (κ2) is 5.62. The van der Waals surface area contributed by atoms with Crippen molar-refractivity contribution in [3.05, 3.63) is 29.3 Å². The molecule has 104 valence electrons. The predicted molar refractivity (Wildman–Crippen MR) is 71.0 cm³/mol. The Hall–Kier alpha value is -2.54. The lowest BCUT2D eigenvalue weighted by Gasteiger charge is -2.19. The van der Waals surface area contributed by atoms with E-state index in [1.807, 2.05) is 0 Å². The van der Waals surface area contributed by atoms with E-state index in [1.165, 1.54) is 12.1 Å². The van der Waals surface area contributed by atoms with Gasteiger partial charge in [0.25, 0.3) is 5.91 Å². The molecule has 1 aliphatic heterocycles. The van der Waals surface area contributed by atoms with Crippen molar-refractivity contribution in [3.63, 3.8) is 0 Å². The number of fused-ring (bicyclic) bond motifs is 1. The van der Waals surface area contributed by atoms with Crippen LogP contribution in [0.25, 0.3) is 0 Å². The molecule has 0 unspecified atom stereocenters. The van der Waals surface area contributed by atoms with Crippen LogP contribution in [0.5, 0.6) is 5.75 Å². The summed E-state index contributed by atoms with van der Waals surface area (Å²) in [6.07, 6.45) is 1.57. The van der Waals surface area contributed by atoms with E-state index in [9.17, 15) is 14.4 Å². The molecule has 7 nitrogen and oxygen atoms in total. The third-order valence-electron chi connectivity index (χ3n) is 2.34. The van der Waals surface area contributed by atoms with Crippen LogP contribution in [-0.4, -0.2) is 29.5 Å². The summed E-state index contributed by atoms with van der Waals surface area (Å²) in [4.78, 5) is 32.9. The monoisotopic (exact) mass is 296 g/mol. The van der Waals surface area contributed by atoms with Gasteiger partial charge in [0.2, 0.25) is 5.91 Å². The van der Waals surface area contributed by atoms with Crippen molar-refractivity contribution in [2.75, 3.05) is 17.2 Å². The number of aliphatic carboxylic acids is 1. The minimum atomic E-state index is -1.23. The lowest BCUT2D eigenvalue weighted by molar-refractivity contribution is -0.131. The van der Waals surface area contributed by atoms with Crippen LogP contribution in [-0.2, 0) is 14.4 Å². The summed E-state index contributed by atoms with van der Waals surface area (Å²) in [5.74, 6) is -1.81. The molecule has 0 fully saturated rings. The van der Waals surface area contributed by atoms with Crippen LogP contribution in [0, 0.1) is 0 Å². The van der Waals surface area contributed by atoms with Crippen molar-refractivity contribution in [1.82, 2.24) is 0 Å². The molecule has 8 heteroatoms. The van der Waals surface area contributed by atoms with Crippen LogP contribution in [0.2, 0.25) is 5.02 Å². The summed E-state index contributed by atoms with van der Waals surface area (Å²) in [5, 5.41) is 13.6. The Morgan fingerprint density at radius 1 is 1.40 bits per heavy atom. The molecule has 0 bridgehead atoms. The first-order valence-electron chi connectivity index (χ1n) is 5.44. The van der Waals surface area contributed by atoms with Gasteiger partial charge in [0.1, 0.15) is 5.75 Å². The molecule has 0 atom stereocenters. The van der Waals surface area contributed by atoms with E-state index < -0.39 is 11.9 Å². The molecule has 2 amide bonds. The largest absolute Gasteiger partial charge is 0.482 e. The van der Waals surface area contributed by atoms with Gasteiger partial charge in [0.15, 0.2) is 6.61 Å². The summed E-state index contributed by atoms with van der Waals surface area (Å²) >= 11 is 5.95. The van der Waals surface area contributed by atoms with Gasteiger partial charge < -0.3 is 20.5 Å². The van der Waals surface area contributed by atoms with E-state index in [1.54, 1.807) is 0 Å². The SMILES string of the molecule is O=C(O)/C=C/C(=O)Nc1cc2c(cc1Cl)NC(=O)CO2. The van der Waals surface area contributed by atoms with Gasteiger partial charge in [-0.25, -0.2) is 4.79 Å². The summed E-state index contributed by atoms with van der Waals surface area (Å²) in [6, 6.07) is 2.88. The fourth-order valence-corrected chi connectivity index (χ4v) is 1.73. The van der Waals surface area contributed by atoms with Gasteiger partial charge in [-0.1, -0.05) is 11.6 Å². The molecule has 2 rings (SSSR count). The number of carboxylic acids is 1. The van der Waals surface area contributed by atoms with Crippen molar-refractivity contribution < 1.29 is 24.2 Å². The summed E-state index contributed by atoms with van der Waals surface area (Å²) in [7, 11) is 0. The maximum Gasteiger partial charge on any atom is 0.328 e. The van der Waals surface area contributed by atoms with Crippen molar-refractivity contribution in [3.8, 4) is 5.75 Å². The van der Waals surface area contributed by atoms with Crippen molar-refractivity contribution in [2.45, 2.75) is 0 Å². The van der Waals surface area contributed by atoms with Gasteiger partial charge in [0.05, 0.1) is 16.4 Å². The van der Waals surface area contributed by atoms with Gasteiger partial charge in [0, 0.05) is 18.2 Å². The third kappa shape index (κ3) is 3.27. The van der Waals surface area contributed by atoms with Gasteiger partial charge in [-0.2, -0.15) is 0 Å². The molecule has 1 aromatic carbocycles. The highest BCUT2D eigenvalue weighted by molar-refractivity contribution is 6.34. The minimum Gasteiger partial charge on any atom is -0.482 e. The number of carbonyl (C=O) groups excluding carboxylic acids is 2. The number of carboxylic acid groups (broad SMARTS) is 1. The first-order valence-corrected chi connectivity index (χ1v) is 5.81. The topological polar surface area (TPSA) is 105 Å². The van der Waals surface area contributed by atoms with Crippen LogP contribution in [0.4, 0.5) is 11.4 Å². The van der Waals surface area contributed by atoms with Gasteiger partial charge in [-0.15, -0.1) is 0 Å². The fourth-order valence-electron chi connectivity index (χ4n) is 1.52. The average Bonchev–Trinajstić information content (AvgIpc) is 2.37. The summed E-state index contributed by atoms with van der Waals surface area (Å²) in [5.41, 5.74) is 0.659. The molecule has 1 heterocycles. The third-order valence-corrected chi connectivity index (χ3v) is 2.65. The van der Waals surface area contributed by atoms with E-state index in [2.05, 4.69) is 10.6 Å². The second-order valence-electron chi connectivity index (χ2n) is 3.83. The number of halogens is 1. The quantitative estimate of drug-likeness (QED) is 0.728. The molecular weight excluding hydrogens is 288 g/mol. The highest BCUT2D eigenvalue weighted by Crippen LogP contribution is 2.36. The number of hydrogen-bond donors (Lipinski definition) is 3. The number of amides is 2. The number of rotatable bonds is 3. The van der Waals surface area contributed by atoms with Crippen LogP contribution in [0.15, 0.2) is 24.3 Å². The second-order valence-corrected chi connectivity index (χ2v) is 4.23. The van der Waals surface area contributed by atoms with Crippen molar-refractivity contribution in [2.24, 2.45) is 0 Å². The van der Waals surface area contributed by atoms with Crippen molar-refractivity contribution in [1.29, 1.82) is 0 Å². The summed E-state index contributed by atoms with van der Waals surface area (Å²) in [6.45, 7) is -0.124. The standard InChI is InChI=1S/C12H9ClN2O5/c13-6-3-8-9(20-5-11(17)15-8)4-7(6)14-10(16)1-2-12(18)19/h1-4H,5H2,(H,14,16)(H,15,17)(H,18,19)/b2-1+. The Bertz CT molecular complexity index is 627. The number of ether oxygens (including phenoxy) is 1. The molecule has 0 aromatic heterocycles. The average molecular weight is 297 g/mol. The number of carbonyl (C=O) groups is 3. The first kappa shape index (κ1) is 13.9. The molecule has 3 N–H and O–H groups in total. The number of hydrogen-bond acceptors (Lipinski definition) is 4. The highest BCUT2D eigenvalue weighted by Gasteiger charge is 2.18. The zero-order valence-electron chi connectivity index (χ0n) is 9.97.